The van der Waals surface area contributed by atoms with E-state index in [1.165, 1.54) is 58.3 Å². The van der Waals surface area contributed by atoms with E-state index in [9.17, 15) is 0 Å². The molecule has 2 saturated heterocycles. The van der Waals surface area contributed by atoms with Gasteiger partial charge in [-0.15, -0.1) is 0 Å². The Morgan fingerprint density at radius 3 is 1.87 bits per heavy atom. The van der Waals surface area contributed by atoms with E-state index < -0.39 is 0 Å². The van der Waals surface area contributed by atoms with Crippen molar-refractivity contribution in [2.45, 2.75) is 46.0 Å². The summed E-state index contributed by atoms with van der Waals surface area (Å²) >= 11 is 0. The van der Waals surface area contributed by atoms with Gasteiger partial charge in [0.15, 0.2) is 0 Å². The van der Waals surface area contributed by atoms with E-state index in [0.29, 0.717) is 0 Å². The summed E-state index contributed by atoms with van der Waals surface area (Å²) in [6.45, 7) is 9.99. The van der Waals surface area contributed by atoms with Gasteiger partial charge in [0.2, 0.25) is 0 Å². The fraction of sp³-hybridized carbons (Fsp3) is 1.00. The SMILES string of the molecule is CC(C)C1CCN(N2CCCCC2)CC1. The number of rotatable bonds is 2. The predicted molar refractivity (Wildman–Crippen MR) is 64.6 cm³/mol. The second-order valence-electron chi connectivity index (χ2n) is 5.55. The van der Waals surface area contributed by atoms with Crippen molar-refractivity contribution in [1.29, 1.82) is 0 Å². The minimum absolute atomic E-state index is 0.883. The van der Waals surface area contributed by atoms with E-state index in [2.05, 4.69) is 23.9 Å². The minimum atomic E-state index is 0.883. The molecule has 0 aromatic heterocycles. The lowest BCUT2D eigenvalue weighted by molar-refractivity contribution is -0.0646. The Kier molecular flexibility index (Phi) is 4.04. The fourth-order valence-corrected chi connectivity index (χ4v) is 3.00. The third-order valence-electron chi connectivity index (χ3n) is 4.19. The van der Waals surface area contributed by atoms with Crippen LogP contribution >= 0.6 is 0 Å². The Morgan fingerprint density at radius 2 is 1.33 bits per heavy atom. The largest absolute Gasteiger partial charge is 0.242 e. The average Bonchev–Trinajstić information content (AvgIpc) is 2.30. The number of hydrogen-bond donors (Lipinski definition) is 0. The Hall–Kier alpha value is -0.0800. The van der Waals surface area contributed by atoms with Crippen LogP contribution in [0.15, 0.2) is 0 Å². The molecule has 0 unspecified atom stereocenters. The van der Waals surface area contributed by atoms with Crippen LogP contribution in [0.5, 0.6) is 0 Å². The summed E-state index contributed by atoms with van der Waals surface area (Å²) in [4.78, 5) is 0. The maximum atomic E-state index is 2.62. The summed E-state index contributed by atoms with van der Waals surface area (Å²) in [5.74, 6) is 1.86. The van der Waals surface area contributed by atoms with Gasteiger partial charge in [-0.05, 0) is 37.5 Å². The van der Waals surface area contributed by atoms with Crippen LogP contribution in [0, 0.1) is 11.8 Å². The summed E-state index contributed by atoms with van der Waals surface area (Å²) in [5, 5.41) is 5.23. The molecule has 0 atom stereocenters. The molecule has 0 radical (unpaired) electrons. The zero-order chi connectivity index (χ0) is 10.7. The molecule has 15 heavy (non-hydrogen) atoms. The van der Waals surface area contributed by atoms with E-state index in [0.717, 1.165) is 11.8 Å². The van der Waals surface area contributed by atoms with Crippen molar-refractivity contribution in [3.8, 4) is 0 Å². The van der Waals surface area contributed by atoms with Crippen molar-refractivity contribution in [1.82, 2.24) is 10.0 Å². The quantitative estimate of drug-likeness (QED) is 0.691. The van der Waals surface area contributed by atoms with Crippen LogP contribution in [-0.2, 0) is 0 Å². The molecule has 0 saturated carbocycles. The molecular weight excluding hydrogens is 184 g/mol. The smallest absolute Gasteiger partial charge is 0.0136 e. The van der Waals surface area contributed by atoms with E-state index in [4.69, 9.17) is 0 Å². The third-order valence-corrected chi connectivity index (χ3v) is 4.19. The highest BCUT2D eigenvalue weighted by Crippen LogP contribution is 2.26. The van der Waals surface area contributed by atoms with Crippen molar-refractivity contribution in [3.63, 3.8) is 0 Å². The van der Waals surface area contributed by atoms with Gasteiger partial charge in [0.05, 0.1) is 0 Å². The lowest BCUT2D eigenvalue weighted by Crippen LogP contribution is -2.49. The Labute approximate surface area is 94.6 Å². The molecule has 2 heterocycles. The van der Waals surface area contributed by atoms with E-state index >= 15 is 0 Å². The maximum absolute atomic E-state index is 2.62. The Balaban J connectivity index is 1.77. The maximum Gasteiger partial charge on any atom is 0.0136 e. The van der Waals surface area contributed by atoms with Crippen molar-refractivity contribution >= 4 is 0 Å². The second-order valence-corrected chi connectivity index (χ2v) is 5.55. The van der Waals surface area contributed by atoms with E-state index in [-0.39, 0.29) is 0 Å². The molecule has 0 bridgehead atoms. The van der Waals surface area contributed by atoms with Gasteiger partial charge >= 0.3 is 0 Å². The summed E-state index contributed by atoms with van der Waals surface area (Å²) in [7, 11) is 0. The summed E-state index contributed by atoms with van der Waals surface area (Å²) in [5.41, 5.74) is 0. The molecule has 0 spiro atoms. The number of hydrogen-bond acceptors (Lipinski definition) is 2. The zero-order valence-electron chi connectivity index (χ0n) is 10.4. The zero-order valence-corrected chi connectivity index (χ0v) is 10.4. The van der Waals surface area contributed by atoms with Gasteiger partial charge in [-0.25, -0.2) is 10.0 Å². The van der Waals surface area contributed by atoms with Gasteiger partial charge in [-0.1, -0.05) is 20.3 Å². The van der Waals surface area contributed by atoms with Crippen molar-refractivity contribution in [2.24, 2.45) is 11.8 Å². The predicted octanol–water partition coefficient (Wildman–Crippen LogP) is 2.76. The molecule has 0 aromatic carbocycles. The topological polar surface area (TPSA) is 6.48 Å². The molecule has 2 heteroatoms. The highest BCUT2D eigenvalue weighted by atomic mass is 15.6. The number of piperidine rings is 2. The van der Waals surface area contributed by atoms with Gasteiger partial charge in [0.25, 0.3) is 0 Å². The van der Waals surface area contributed by atoms with Crippen molar-refractivity contribution < 1.29 is 0 Å². The molecule has 2 aliphatic heterocycles. The first-order valence-corrected chi connectivity index (χ1v) is 6.77. The van der Waals surface area contributed by atoms with Crippen LogP contribution < -0.4 is 0 Å². The first kappa shape index (κ1) is 11.4. The molecule has 0 N–H and O–H groups in total. The van der Waals surface area contributed by atoms with Crippen LogP contribution in [0.25, 0.3) is 0 Å². The van der Waals surface area contributed by atoms with Gasteiger partial charge in [0, 0.05) is 26.2 Å². The molecule has 0 amide bonds. The van der Waals surface area contributed by atoms with E-state index in [1.807, 2.05) is 0 Å². The molecular formula is C13H26N2. The average molecular weight is 210 g/mol. The summed E-state index contributed by atoms with van der Waals surface area (Å²) < 4.78 is 0. The number of nitrogens with zero attached hydrogens (tertiary/aromatic N) is 2. The molecule has 2 nitrogen and oxygen atoms in total. The van der Waals surface area contributed by atoms with Crippen LogP contribution in [0.4, 0.5) is 0 Å². The van der Waals surface area contributed by atoms with Gasteiger partial charge in [-0.3, -0.25) is 0 Å². The second kappa shape index (κ2) is 5.31. The summed E-state index contributed by atoms with van der Waals surface area (Å²) in [6, 6.07) is 0. The van der Waals surface area contributed by atoms with Crippen LogP contribution in [-0.4, -0.2) is 36.2 Å². The van der Waals surface area contributed by atoms with Crippen LogP contribution in [0.3, 0.4) is 0 Å². The number of hydrazine groups is 1. The fourth-order valence-electron chi connectivity index (χ4n) is 3.00. The van der Waals surface area contributed by atoms with Gasteiger partial charge in [-0.2, -0.15) is 0 Å². The highest BCUT2D eigenvalue weighted by Gasteiger charge is 2.25. The van der Waals surface area contributed by atoms with Crippen molar-refractivity contribution in [2.75, 3.05) is 26.2 Å². The Bertz CT molecular complexity index is 177. The lowest BCUT2D eigenvalue weighted by atomic mass is 9.87. The van der Waals surface area contributed by atoms with Crippen LogP contribution in [0.1, 0.15) is 46.0 Å². The summed E-state index contributed by atoms with van der Waals surface area (Å²) in [6.07, 6.45) is 7.08. The molecule has 0 aliphatic carbocycles. The van der Waals surface area contributed by atoms with E-state index in [1.54, 1.807) is 0 Å². The molecule has 0 aromatic rings. The minimum Gasteiger partial charge on any atom is -0.242 e. The normalized spacial score (nSPS) is 27.4. The first-order chi connectivity index (χ1) is 7.27. The van der Waals surface area contributed by atoms with Crippen LogP contribution in [0.2, 0.25) is 0 Å². The third kappa shape index (κ3) is 2.94. The molecule has 88 valence electrons. The molecule has 2 rings (SSSR count). The van der Waals surface area contributed by atoms with Gasteiger partial charge in [0.1, 0.15) is 0 Å². The van der Waals surface area contributed by atoms with Crippen molar-refractivity contribution in [3.05, 3.63) is 0 Å². The monoisotopic (exact) mass is 210 g/mol. The molecule has 2 fully saturated rings. The molecule has 2 aliphatic rings. The highest BCUT2D eigenvalue weighted by molar-refractivity contribution is 4.74. The lowest BCUT2D eigenvalue weighted by Gasteiger charge is -2.42. The standard InChI is InChI=1S/C13H26N2/c1-12(2)13-6-10-15(11-7-13)14-8-4-3-5-9-14/h12-13H,3-11H2,1-2H3. The Morgan fingerprint density at radius 1 is 0.800 bits per heavy atom. The van der Waals surface area contributed by atoms with Gasteiger partial charge < -0.3 is 0 Å². The first-order valence-electron chi connectivity index (χ1n) is 6.77.